The van der Waals surface area contributed by atoms with Gasteiger partial charge in [-0.15, -0.1) is 0 Å². The molecular weight excluding hydrogens is 382 g/mol. The van der Waals surface area contributed by atoms with Gasteiger partial charge in [0.15, 0.2) is 6.61 Å². The molecule has 1 aromatic carbocycles. The normalized spacial score (nSPS) is 13.5. The summed E-state index contributed by atoms with van der Waals surface area (Å²) in [6.45, 7) is 5.79. The van der Waals surface area contributed by atoms with Gasteiger partial charge in [0.1, 0.15) is 17.4 Å². The summed E-state index contributed by atoms with van der Waals surface area (Å²) in [4.78, 5) is 24.5. The number of rotatable bonds is 8. The van der Waals surface area contributed by atoms with Gasteiger partial charge in [0.2, 0.25) is 0 Å². The average Bonchev–Trinajstić information content (AvgIpc) is 3.51. The SMILES string of the molecule is CCOc1ccccc1NC(=O)COC(=O)/C(C#N)=C/c1cc(C)n(C2CC2)c1C. The lowest BCUT2D eigenvalue weighted by atomic mass is 10.1. The molecule has 1 heterocycles. The predicted molar refractivity (Wildman–Crippen MR) is 113 cm³/mol. The zero-order valence-electron chi connectivity index (χ0n) is 17.4. The van der Waals surface area contributed by atoms with Crippen molar-refractivity contribution in [1.82, 2.24) is 4.57 Å². The first-order valence-electron chi connectivity index (χ1n) is 9.93. The monoisotopic (exact) mass is 407 g/mol. The second-order valence-corrected chi connectivity index (χ2v) is 7.15. The molecular formula is C23H25N3O4. The molecule has 0 saturated heterocycles. The van der Waals surface area contributed by atoms with Crippen molar-refractivity contribution >= 4 is 23.6 Å². The van der Waals surface area contributed by atoms with Gasteiger partial charge in [0.05, 0.1) is 12.3 Å². The van der Waals surface area contributed by atoms with Gasteiger partial charge in [0.25, 0.3) is 5.91 Å². The number of amides is 1. The molecule has 30 heavy (non-hydrogen) atoms. The van der Waals surface area contributed by atoms with Gasteiger partial charge in [-0.05, 0) is 63.5 Å². The Morgan fingerprint density at radius 2 is 2.03 bits per heavy atom. The predicted octanol–water partition coefficient (Wildman–Crippen LogP) is 3.93. The van der Waals surface area contributed by atoms with E-state index in [1.165, 1.54) is 6.08 Å². The van der Waals surface area contributed by atoms with E-state index in [0.29, 0.717) is 24.1 Å². The average molecular weight is 407 g/mol. The van der Waals surface area contributed by atoms with E-state index in [4.69, 9.17) is 9.47 Å². The van der Waals surface area contributed by atoms with E-state index in [9.17, 15) is 14.9 Å². The van der Waals surface area contributed by atoms with Crippen molar-refractivity contribution in [3.8, 4) is 11.8 Å². The molecule has 0 bridgehead atoms. The molecule has 0 spiro atoms. The summed E-state index contributed by atoms with van der Waals surface area (Å²) in [5, 5.41) is 12.0. The molecule has 1 fully saturated rings. The highest BCUT2D eigenvalue weighted by atomic mass is 16.5. The quantitative estimate of drug-likeness (QED) is 0.407. The van der Waals surface area contributed by atoms with E-state index in [0.717, 1.165) is 29.8 Å². The molecule has 1 aliphatic rings. The Morgan fingerprint density at radius 1 is 1.30 bits per heavy atom. The fourth-order valence-corrected chi connectivity index (χ4v) is 3.38. The molecule has 0 atom stereocenters. The second-order valence-electron chi connectivity index (χ2n) is 7.15. The summed E-state index contributed by atoms with van der Waals surface area (Å²) < 4.78 is 12.7. The number of para-hydroxylation sites is 2. The van der Waals surface area contributed by atoms with Crippen LogP contribution in [0.25, 0.3) is 6.08 Å². The molecule has 0 aliphatic heterocycles. The topological polar surface area (TPSA) is 93.3 Å². The van der Waals surface area contributed by atoms with Gasteiger partial charge < -0.3 is 19.4 Å². The summed E-state index contributed by atoms with van der Waals surface area (Å²) in [6, 6.07) is 11.3. The number of aryl methyl sites for hydroxylation is 1. The number of aromatic nitrogens is 1. The van der Waals surface area contributed by atoms with Crippen LogP contribution in [0.3, 0.4) is 0 Å². The molecule has 156 valence electrons. The minimum atomic E-state index is -0.832. The number of anilines is 1. The van der Waals surface area contributed by atoms with Crippen LogP contribution >= 0.6 is 0 Å². The maximum atomic E-state index is 12.3. The van der Waals surface area contributed by atoms with Crippen molar-refractivity contribution in [2.45, 2.75) is 39.7 Å². The standard InChI is InChI=1S/C23H25N3O4/c1-4-29-21-8-6-5-7-20(21)25-22(27)14-30-23(28)18(13-24)12-17-11-15(2)26(16(17)3)19-9-10-19/h5-8,11-12,19H,4,9-10,14H2,1-3H3,(H,25,27)/b18-12+. The Balaban J connectivity index is 1.63. The van der Waals surface area contributed by atoms with Crippen LogP contribution in [0.15, 0.2) is 35.9 Å². The fraction of sp³-hybridized carbons (Fsp3) is 0.348. The maximum Gasteiger partial charge on any atom is 0.349 e. The smallest absolute Gasteiger partial charge is 0.349 e. The highest BCUT2D eigenvalue weighted by Gasteiger charge is 2.27. The van der Waals surface area contributed by atoms with Crippen LogP contribution in [0.2, 0.25) is 0 Å². The number of hydrogen-bond acceptors (Lipinski definition) is 5. The lowest BCUT2D eigenvalue weighted by Gasteiger charge is -2.11. The van der Waals surface area contributed by atoms with E-state index in [1.54, 1.807) is 24.3 Å². The first-order valence-corrected chi connectivity index (χ1v) is 9.93. The van der Waals surface area contributed by atoms with Gasteiger partial charge in [-0.3, -0.25) is 4.79 Å². The maximum absolute atomic E-state index is 12.3. The Bertz CT molecular complexity index is 1030. The highest BCUT2D eigenvalue weighted by Crippen LogP contribution is 2.38. The second kappa shape index (κ2) is 9.31. The number of carbonyl (C=O) groups is 2. The molecule has 1 aliphatic carbocycles. The molecule has 0 unspecified atom stereocenters. The molecule has 7 nitrogen and oxygen atoms in total. The number of esters is 1. The van der Waals surface area contributed by atoms with Gasteiger partial charge in [-0.2, -0.15) is 5.26 Å². The lowest BCUT2D eigenvalue weighted by Crippen LogP contribution is -2.21. The molecule has 1 aromatic heterocycles. The molecule has 3 rings (SSSR count). The third-order valence-corrected chi connectivity index (χ3v) is 4.87. The van der Waals surface area contributed by atoms with Crippen LogP contribution in [0.4, 0.5) is 5.69 Å². The molecule has 1 N–H and O–H groups in total. The third kappa shape index (κ3) is 4.90. The van der Waals surface area contributed by atoms with Gasteiger partial charge in [-0.1, -0.05) is 12.1 Å². The zero-order chi connectivity index (χ0) is 21.7. The van der Waals surface area contributed by atoms with Gasteiger partial charge >= 0.3 is 5.97 Å². The van der Waals surface area contributed by atoms with Crippen molar-refractivity contribution in [3.05, 3.63) is 52.9 Å². The number of benzene rings is 1. The first-order chi connectivity index (χ1) is 14.4. The summed E-state index contributed by atoms with van der Waals surface area (Å²) >= 11 is 0. The number of carbonyl (C=O) groups excluding carboxylic acids is 2. The molecule has 1 amide bonds. The van der Waals surface area contributed by atoms with Crippen molar-refractivity contribution in [3.63, 3.8) is 0 Å². The van der Waals surface area contributed by atoms with Crippen molar-refractivity contribution in [2.75, 3.05) is 18.5 Å². The highest BCUT2D eigenvalue weighted by molar-refractivity contribution is 6.00. The Hall–Kier alpha value is -3.53. The van der Waals surface area contributed by atoms with E-state index in [1.807, 2.05) is 32.9 Å². The minimum absolute atomic E-state index is 0.145. The minimum Gasteiger partial charge on any atom is -0.492 e. The van der Waals surface area contributed by atoms with Crippen molar-refractivity contribution in [2.24, 2.45) is 0 Å². The zero-order valence-corrected chi connectivity index (χ0v) is 17.4. The Morgan fingerprint density at radius 3 is 2.70 bits per heavy atom. The van der Waals surface area contributed by atoms with Crippen LogP contribution in [0, 0.1) is 25.2 Å². The van der Waals surface area contributed by atoms with Crippen molar-refractivity contribution < 1.29 is 19.1 Å². The number of hydrogen-bond donors (Lipinski definition) is 1. The fourth-order valence-electron chi connectivity index (χ4n) is 3.38. The number of nitriles is 1. The number of ether oxygens (including phenoxy) is 2. The molecule has 1 saturated carbocycles. The summed E-state index contributed by atoms with van der Waals surface area (Å²) in [5.74, 6) is -0.815. The molecule has 7 heteroatoms. The van der Waals surface area contributed by atoms with Gasteiger partial charge in [-0.25, -0.2) is 4.79 Å². The summed E-state index contributed by atoms with van der Waals surface area (Å²) in [6.07, 6.45) is 3.81. The third-order valence-electron chi connectivity index (χ3n) is 4.87. The van der Waals surface area contributed by atoms with E-state index >= 15 is 0 Å². The van der Waals surface area contributed by atoms with Crippen LogP contribution in [0.5, 0.6) is 5.75 Å². The lowest BCUT2D eigenvalue weighted by molar-refractivity contribution is -0.142. The molecule has 0 radical (unpaired) electrons. The largest absolute Gasteiger partial charge is 0.492 e. The Kier molecular flexibility index (Phi) is 6.58. The summed E-state index contributed by atoms with van der Waals surface area (Å²) in [5.41, 5.74) is 3.26. The Labute approximate surface area is 175 Å². The number of nitrogens with one attached hydrogen (secondary N) is 1. The van der Waals surface area contributed by atoms with E-state index in [-0.39, 0.29) is 5.57 Å². The first kappa shape index (κ1) is 21.2. The summed E-state index contributed by atoms with van der Waals surface area (Å²) in [7, 11) is 0. The van der Waals surface area contributed by atoms with E-state index in [2.05, 4.69) is 9.88 Å². The van der Waals surface area contributed by atoms with Crippen molar-refractivity contribution in [1.29, 1.82) is 5.26 Å². The van der Waals surface area contributed by atoms with Crippen LogP contribution in [-0.4, -0.2) is 29.7 Å². The van der Waals surface area contributed by atoms with Gasteiger partial charge in [0, 0.05) is 17.4 Å². The molecule has 2 aromatic rings. The van der Waals surface area contributed by atoms with Crippen LogP contribution < -0.4 is 10.1 Å². The number of nitrogens with zero attached hydrogens (tertiary/aromatic N) is 2. The van der Waals surface area contributed by atoms with E-state index < -0.39 is 18.5 Å². The van der Waals surface area contributed by atoms with Crippen LogP contribution in [-0.2, 0) is 14.3 Å². The van der Waals surface area contributed by atoms with Crippen LogP contribution in [0.1, 0.15) is 42.8 Å².